The second kappa shape index (κ2) is 8.27. The van der Waals surface area contributed by atoms with Gasteiger partial charge in [-0.2, -0.15) is 0 Å². The molecular formula is C7H14N3O9P. The van der Waals surface area contributed by atoms with Crippen LogP contribution in [-0.2, 0) is 13.9 Å². The second-order valence-corrected chi connectivity index (χ2v) is 4.85. The summed E-state index contributed by atoms with van der Waals surface area (Å²) in [6.45, 7) is -2.07. The summed E-state index contributed by atoms with van der Waals surface area (Å²) in [5, 5.41) is 40.0. The van der Waals surface area contributed by atoms with Crippen LogP contribution in [-0.4, -0.2) is 73.6 Å². The van der Waals surface area contributed by atoms with Gasteiger partial charge in [-0.25, -0.2) is 4.57 Å². The van der Waals surface area contributed by atoms with Crippen LogP contribution in [0.3, 0.4) is 0 Å². The number of hydrogen-bond acceptors (Lipinski definition) is 8. The van der Waals surface area contributed by atoms with E-state index in [-0.39, 0.29) is 0 Å². The minimum atomic E-state index is -4.93. The monoisotopic (exact) mass is 315 g/mol. The number of ketones is 1. The number of Topliss-reactive ketones (excluding diaryl/α,β-unsaturated/α-hetero) is 1. The summed E-state index contributed by atoms with van der Waals surface area (Å²) in [5.74, 6) is -1.32. The molecule has 0 aromatic heterocycles. The van der Waals surface area contributed by atoms with Crippen molar-refractivity contribution in [1.29, 1.82) is 0 Å². The molecular weight excluding hydrogens is 301 g/mol. The van der Waals surface area contributed by atoms with Crippen LogP contribution in [0.5, 0.6) is 0 Å². The van der Waals surface area contributed by atoms with Crippen molar-refractivity contribution in [2.45, 2.75) is 24.4 Å². The van der Waals surface area contributed by atoms with Gasteiger partial charge in [0.1, 0.15) is 18.8 Å². The van der Waals surface area contributed by atoms with Crippen LogP contribution in [0.25, 0.3) is 10.4 Å². The number of phosphoric acid groups is 1. The number of aliphatic hydroxyl groups is 4. The summed E-state index contributed by atoms with van der Waals surface area (Å²) >= 11 is 0. The highest BCUT2D eigenvalue weighted by Crippen LogP contribution is 2.35. The molecule has 0 aliphatic rings. The van der Waals surface area contributed by atoms with Gasteiger partial charge in [0.05, 0.1) is 18.8 Å². The van der Waals surface area contributed by atoms with Gasteiger partial charge in [0.2, 0.25) is 0 Å². The lowest BCUT2D eigenvalue weighted by Crippen LogP contribution is -2.48. The van der Waals surface area contributed by atoms with E-state index in [9.17, 15) is 24.7 Å². The normalized spacial score (nSPS) is 17.7. The third kappa shape index (κ3) is 6.39. The van der Waals surface area contributed by atoms with Crippen LogP contribution in [0.15, 0.2) is 5.11 Å². The van der Waals surface area contributed by atoms with E-state index in [1.807, 2.05) is 0 Å². The Morgan fingerprint density at radius 3 is 2.25 bits per heavy atom. The van der Waals surface area contributed by atoms with Gasteiger partial charge >= 0.3 is 7.82 Å². The summed E-state index contributed by atoms with van der Waals surface area (Å²) in [6, 6.07) is -1.51. The van der Waals surface area contributed by atoms with Gasteiger partial charge in [-0.3, -0.25) is 9.32 Å². The van der Waals surface area contributed by atoms with Gasteiger partial charge in [-0.1, -0.05) is 5.11 Å². The van der Waals surface area contributed by atoms with Gasteiger partial charge < -0.3 is 30.2 Å². The average molecular weight is 315 g/mol. The van der Waals surface area contributed by atoms with Crippen molar-refractivity contribution < 1.29 is 44.1 Å². The number of phosphoric ester groups is 1. The minimum Gasteiger partial charge on any atom is -0.396 e. The van der Waals surface area contributed by atoms with E-state index in [4.69, 9.17) is 20.4 Å². The van der Waals surface area contributed by atoms with Crippen LogP contribution in [0.2, 0.25) is 0 Å². The van der Waals surface area contributed by atoms with E-state index in [0.717, 1.165) is 0 Å². The number of hydrogen-bond donors (Lipinski definition) is 6. The zero-order valence-electron chi connectivity index (χ0n) is 9.92. The lowest BCUT2D eigenvalue weighted by Gasteiger charge is -2.25. The predicted molar refractivity (Wildman–Crippen MR) is 61.0 cm³/mol. The molecule has 0 bridgehead atoms. The molecule has 0 saturated carbocycles. The average Bonchev–Trinajstić information content (AvgIpc) is 2.38. The molecule has 0 saturated heterocycles. The Morgan fingerprint density at radius 2 is 1.85 bits per heavy atom. The molecule has 0 rings (SSSR count). The maximum Gasteiger partial charge on any atom is 0.470 e. The molecule has 0 aliphatic heterocycles. The van der Waals surface area contributed by atoms with E-state index in [0.29, 0.717) is 0 Å². The Kier molecular flexibility index (Phi) is 7.83. The number of carbonyl (C=O) groups excluding carboxylic acids is 1. The summed E-state index contributed by atoms with van der Waals surface area (Å²) < 4.78 is 14.1. The molecule has 0 unspecified atom stereocenters. The van der Waals surface area contributed by atoms with E-state index in [2.05, 4.69) is 14.5 Å². The molecule has 6 N–H and O–H groups in total. The number of azide groups is 1. The molecule has 12 nitrogen and oxygen atoms in total. The molecule has 0 aromatic carbocycles. The maximum atomic E-state index is 11.2. The number of rotatable bonds is 9. The highest BCUT2D eigenvalue weighted by Gasteiger charge is 2.35. The smallest absolute Gasteiger partial charge is 0.396 e. The Morgan fingerprint density at radius 1 is 1.30 bits per heavy atom. The van der Waals surface area contributed by atoms with Crippen LogP contribution in [0.1, 0.15) is 0 Å². The molecule has 0 spiro atoms. The van der Waals surface area contributed by atoms with E-state index in [1.165, 1.54) is 0 Å². The van der Waals surface area contributed by atoms with Crippen LogP contribution in [0.4, 0.5) is 0 Å². The third-order valence-corrected chi connectivity index (χ3v) is 2.62. The van der Waals surface area contributed by atoms with Crippen LogP contribution < -0.4 is 0 Å². The van der Waals surface area contributed by atoms with E-state index in [1.54, 1.807) is 0 Å². The van der Waals surface area contributed by atoms with Crippen molar-refractivity contribution in [2.75, 3.05) is 13.2 Å². The first-order valence-electron chi connectivity index (χ1n) is 5.06. The first-order valence-corrected chi connectivity index (χ1v) is 6.59. The zero-order valence-corrected chi connectivity index (χ0v) is 10.8. The van der Waals surface area contributed by atoms with Crippen molar-refractivity contribution in [3.8, 4) is 0 Å². The molecule has 0 radical (unpaired) electrons. The minimum absolute atomic E-state index is 0.859. The Bertz CT molecular complexity index is 420. The maximum absolute atomic E-state index is 11.2. The quantitative estimate of drug-likeness (QED) is 0.114. The van der Waals surface area contributed by atoms with Crippen LogP contribution in [0, 0.1) is 0 Å². The second-order valence-electron chi connectivity index (χ2n) is 3.61. The molecule has 0 amide bonds. The van der Waals surface area contributed by atoms with Gasteiger partial charge in [-0.15, -0.1) is 0 Å². The number of carbonyl (C=O) groups is 1. The lowest BCUT2D eigenvalue weighted by atomic mass is 9.99. The number of aliphatic hydroxyl groups excluding tert-OH is 4. The Labute approximate surface area is 112 Å². The molecule has 13 heteroatoms. The largest absolute Gasteiger partial charge is 0.470 e. The fourth-order valence-electron chi connectivity index (χ4n) is 1.12. The predicted octanol–water partition coefficient (Wildman–Crippen LogP) is -2.58. The summed E-state index contributed by atoms with van der Waals surface area (Å²) in [5.41, 5.74) is 8.14. The van der Waals surface area contributed by atoms with Crippen molar-refractivity contribution in [3.63, 3.8) is 0 Å². The van der Waals surface area contributed by atoms with Crippen molar-refractivity contribution in [3.05, 3.63) is 10.4 Å². The van der Waals surface area contributed by atoms with E-state index < -0.39 is 51.2 Å². The Balaban J connectivity index is 4.66. The zero-order chi connectivity index (χ0) is 15.9. The van der Waals surface area contributed by atoms with Gasteiger partial charge in [0, 0.05) is 4.91 Å². The lowest BCUT2D eigenvalue weighted by molar-refractivity contribution is -0.142. The van der Waals surface area contributed by atoms with Crippen LogP contribution >= 0.6 is 7.82 Å². The molecule has 0 aliphatic carbocycles. The fraction of sp³-hybridized carbons (Fsp3) is 0.857. The van der Waals surface area contributed by atoms with Gasteiger partial charge in [-0.05, 0) is 5.53 Å². The summed E-state index contributed by atoms with van der Waals surface area (Å²) in [6.07, 6.45) is -6.37. The summed E-state index contributed by atoms with van der Waals surface area (Å²) in [4.78, 5) is 30.2. The SMILES string of the molecule is [N-]=[N+]=N[C@@H](CO)[C@@H](O)[C@@H](O)[C@H](O)C(=O)COP(=O)(O)O. The van der Waals surface area contributed by atoms with Gasteiger partial charge in [0.25, 0.3) is 0 Å². The van der Waals surface area contributed by atoms with Crippen molar-refractivity contribution in [1.82, 2.24) is 0 Å². The summed E-state index contributed by atoms with van der Waals surface area (Å²) in [7, 11) is -4.93. The highest BCUT2D eigenvalue weighted by molar-refractivity contribution is 7.46. The molecule has 0 heterocycles. The molecule has 116 valence electrons. The fourth-order valence-corrected chi connectivity index (χ4v) is 1.41. The highest BCUT2D eigenvalue weighted by atomic mass is 31.2. The molecule has 0 fully saturated rings. The first-order chi connectivity index (χ1) is 9.14. The topological polar surface area (TPSA) is 214 Å². The Hall–Kier alpha value is -1.07. The molecule has 4 atom stereocenters. The van der Waals surface area contributed by atoms with Crippen molar-refractivity contribution >= 4 is 13.6 Å². The van der Waals surface area contributed by atoms with Crippen molar-refractivity contribution in [2.24, 2.45) is 5.11 Å². The molecule has 0 aromatic rings. The molecule has 20 heavy (non-hydrogen) atoms. The standard InChI is InChI=1S/C7H14N3O9P/c8-10-9-3(1-11)5(13)7(15)6(14)4(12)2-19-20(16,17)18/h3,5-7,11,13-15H,1-2H2,(H2,16,17,18)/t3-,5+,6+,7+/m0/s1. The van der Waals surface area contributed by atoms with Gasteiger partial charge in [0.15, 0.2) is 5.78 Å². The number of nitrogens with zero attached hydrogens (tertiary/aromatic N) is 3. The van der Waals surface area contributed by atoms with E-state index >= 15 is 0 Å². The third-order valence-electron chi connectivity index (χ3n) is 2.16. The first kappa shape index (κ1) is 18.9.